The van der Waals surface area contributed by atoms with Crippen molar-refractivity contribution in [1.29, 1.82) is 0 Å². The van der Waals surface area contributed by atoms with Gasteiger partial charge in [0.05, 0.1) is 18.3 Å². The third kappa shape index (κ3) is 1.93. The Kier molecular flexibility index (Phi) is 3.60. The first-order valence-corrected chi connectivity index (χ1v) is 7.02. The Labute approximate surface area is 110 Å². The highest BCUT2D eigenvalue weighted by molar-refractivity contribution is 5.12. The summed E-state index contributed by atoms with van der Waals surface area (Å²) in [4.78, 5) is 0. The van der Waals surface area contributed by atoms with Crippen LogP contribution < -0.4 is 0 Å². The van der Waals surface area contributed by atoms with E-state index in [1.165, 1.54) is 6.42 Å². The van der Waals surface area contributed by atoms with Crippen molar-refractivity contribution in [1.82, 2.24) is 0 Å². The average molecular weight is 254 g/mol. The predicted molar refractivity (Wildman–Crippen MR) is 71.0 cm³/mol. The van der Waals surface area contributed by atoms with Gasteiger partial charge in [-0.2, -0.15) is 0 Å². The molecular weight excluding hydrogens is 228 g/mol. The van der Waals surface area contributed by atoms with E-state index in [9.17, 15) is 10.2 Å². The summed E-state index contributed by atoms with van der Waals surface area (Å²) in [7, 11) is 0. The van der Waals surface area contributed by atoms with E-state index >= 15 is 0 Å². The molecule has 18 heavy (non-hydrogen) atoms. The van der Waals surface area contributed by atoms with E-state index in [0.29, 0.717) is 23.8 Å². The fraction of sp³-hybridized carbons (Fsp3) is 0.867. The summed E-state index contributed by atoms with van der Waals surface area (Å²) in [5.41, 5.74) is -0.246. The minimum Gasteiger partial charge on any atom is -0.392 e. The standard InChI is InChI=1S/C15H26O3/c1-10(9-16)13(17)6-7-14(2)11-4-5-12(8-11)15(14,3)18/h11-13,16-18H,1,4-9H2,2-3H3/t11-,12+,13?,14+,15-/m0/s1. The largest absolute Gasteiger partial charge is 0.392 e. The maximum Gasteiger partial charge on any atom is 0.0769 e. The number of rotatable bonds is 5. The second-order valence-electron chi connectivity index (χ2n) is 6.64. The summed E-state index contributed by atoms with van der Waals surface area (Å²) in [5.74, 6) is 0.998. The molecule has 0 saturated heterocycles. The average Bonchev–Trinajstić information content (AvgIpc) is 2.89. The molecule has 0 heterocycles. The van der Waals surface area contributed by atoms with Crippen molar-refractivity contribution in [2.24, 2.45) is 17.3 Å². The van der Waals surface area contributed by atoms with Crippen LogP contribution in [0, 0.1) is 17.3 Å². The molecule has 0 amide bonds. The van der Waals surface area contributed by atoms with E-state index in [-0.39, 0.29) is 12.0 Å². The second-order valence-corrected chi connectivity index (χ2v) is 6.64. The smallest absolute Gasteiger partial charge is 0.0769 e. The van der Waals surface area contributed by atoms with Gasteiger partial charge in [-0.1, -0.05) is 13.5 Å². The van der Waals surface area contributed by atoms with Crippen LogP contribution in [0.15, 0.2) is 12.2 Å². The van der Waals surface area contributed by atoms with Gasteiger partial charge in [0.1, 0.15) is 0 Å². The summed E-state index contributed by atoms with van der Waals surface area (Å²) in [6.45, 7) is 7.62. The Balaban J connectivity index is 2.02. The highest BCUT2D eigenvalue weighted by Gasteiger charge is 2.61. The second kappa shape index (κ2) is 4.62. The summed E-state index contributed by atoms with van der Waals surface area (Å²) < 4.78 is 0. The van der Waals surface area contributed by atoms with Gasteiger partial charge in [-0.3, -0.25) is 0 Å². The van der Waals surface area contributed by atoms with E-state index in [0.717, 1.165) is 19.3 Å². The van der Waals surface area contributed by atoms with Gasteiger partial charge in [-0.05, 0) is 61.9 Å². The van der Waals surface area contributed by atoms with Gasteiger partial charge < -0.3 is 15.3 Å². The lowest BCUT2D eigenvalue weighted by Crippen LogP contribution is -2.49. The van der Waals surface area contributed by atoms with Gasteiger partial charge in [0.25, 0.3) is 0 Å². The molecule has 3 N–H and O–H groups in total. The van der Waals surface area contributed by atoms with Gasteiger partial charge in [-0.25, -0.2) is 0 Å². The third-order valence-corrected chi connectivity index (χ3v) is 5.90. The van der Waals surface area contributed by atoms with Crippen LogP contribution >= 0.6 is 0 Å². The normalized spacial score (nSPS) is 44.3. The molecule has 1 unspecified atom stereocenters. The fourth-order valence-corrected chi connectivity index (χ4v) is 4.15. The summed E-state index contributed by atoms with van der Waals surface area (Å²) >= 11 is 0. The van der Waals surface area contributed by atoms with Crippen molar-refractivity contribution in [3.63, 3.8) is 0 Å². The third-order valence-electron chi connectivity index (χ3n) is 5.90. The van der Waals surface area contributed by atoms with Gasteiger partial charge in [0, 0.05) is 0 Å². The summed E-state index contributed by atoms with van der Waals surface area (Å²) in [6.07, 6.45) is 4.19. The molecule has 2 bridgehead atoms. The number of hydrogen-bond acceptors (Lipinski definition) is 3. The van der Waals surface area contributed by atoms with E-state index in [1.54, 1.807) is 0 Å². The Bertz CT molecular complexity index is 337. The molecule has 0 radical (unpaired) electrons. The van der Waals surface area contributed by atoms with Gasteiger partial charge in [-0.15, -0.1) is 0 Å². The van der Waals surface area contributed by atoms with Crippen molar-refractivity contribution in [2.75, 3.05) is 6.61 Å². The first-order chi connectivity index (χ1) is 8.33. The molecule has 104 valence electrons. The van der Waals surface area contributed by atoms with Crippen LogP contribution in [0.5, 0.6) is 0 Å². The van der Waals surface area contributed by atoms with Crippen molar-refractivity contribution >= 4 is 0 Å². The van der Waals surface area contributed by atoms with Crippen molar-refractivity contribution in [3.8, 4) is 0 Å². The Morgan fingerprint density at radius 1 is 1.33 bits per heavy atom. The van der Waals surface area contributed by atoms with Crippen molar-refractivity contribution < 1.29 is 15.3 Å². The molecule has 3 heteroatoms. The Morgan fingerprint density at radius 3 is 2.44 bits per heavy atom. The van der Waals surface area contributed by atoms with E-state index in [4.69, 9.17) is 5.11 Å². The summed E-state index contributed by atoms with van der Waals surface area (Å²) in [5, 5.41) is 29.6. The lowest BCUT2D eigenvalue weighted by Gasteiger charge is -2.46. The Hall–Kier alpha value is -0.380. The number of hydrogen-bond donors (Lipinski definition) is 3. The maximum absolute atomic E-state index is 10.8. The first kappa shape index (κ1) is 14.0. The van der Waals surface area contributed by atoms with Crippen LogP contribution in [0.1, 0.15) is 46.0 Å². The van der Waals surface area contributed by atoms with Crippen molar-refractivity contribution in [3.05, 3.63) is 12.2 Å². The Morgan fingerprint density at radius 2 is 1.94 bits per heavy atom. The quantitative estimate of drug-likeness (QED) is 0.656. The molecule has 3 nitrogen and oxygen atoms in total. The zero-order chi connectivity index (χ0) is 13.6. The molecular formula is C15H26O3. The molecule has 2 aliphatic carbocycles. The van der Waals surface area contributed by atoms with E-state index < -0.39 is 11.7 Å². The number of aliphatic hydroxyl groups is 3. The van der Waals surface area contributed by atoms with Gasteiger partial charge in [0.2, 0.25) is 0 Å². The molecule has 2 aliphatic rings. The van der Waals surface area contributed by atoms with Crippen LogP contribution in [0.3, 0.4) is 0 Å². The molecule has 0 spiro atoms. The molecule has 2 rings (SSSR count). The predicted octanol–water partition coefficient (Wildman–Crippen LogP) is 1.86. The first-order valence-electron chi connectivity index (χ1n) is 7.02. The van der Waals surface area contributed by atoms with Gasteiger partial charge in [0.15, 0.2) is 0 Å². The molecule has 0 aliphatic heterocycles. The molecule has 0 aromatic heterocycles. The molecule has 5 atom stereocenters. The maximum atomic E-state index is 10.8. The topological polar surface area (TPSA) is 60.7 Å². The van der Waals surface area contributed by atoms with Crippen LogP contribution in [-0.2, 0) is 0 Å². The fourth-order valence-electron chi connectivity index (χ4n) is 4.15. The number of aliphatic hydroxyl groups excluding tert-OH is 2. The molecule has 2 fully saturated rings. The van der Waals surface area contributed by atoms with Crippen molar-refractivity contribution in [2.45, 2.75) is 57.7 Å². The lowest BCUT2D eigenvalue weighted by molar-refractivity contribution is -0.107. The van der Waals surface area contributed by atoms with Crippen LogP contribution in [-0.4, -0.2) is 33.6 Å². The summed E-state index contributed by atoms with van der Waals surface area (Å²) in [6, 6.07) is 0. The van der Waals surface area contributed by atoms with Crippen LogP contribution in [0.25, 0.3) is 0 Å². The monoisotopic (exact) mass is 254 g/mol. The molecule has 0 aromatic carbocycles. The van der Waals surface area contributed by atoms with Crippen LogP contribution in [0.2, 0.25) is 0 Å². The zero-order valence-electron chi connectivity index (χ0n) is 11.5. The zero-order valence-corrected chi connectivity index (χ0v) is 11.5. The van der Waals surface area contributed by atoms with Crippen LogP contribution in [0.4, 0.5) is 0 Å². The highest BCUT2D eigenvalue weighted by atomic mass is 16.3. The SMILES string of the molecule is C=C(CO)C(O)CC[C@]1(C)[C@H]2CC[C@H](C2)[C@]1(C)O. The highest BCUT2D eigenvalue weighted by Crippen LogP contribution is 2.63. The van der Waals surface area contributed by atoms with E-state index in [1.807, 2.05) is 6.92 Å². The van der Waals surface area contributed by atoms with Gasteiger partial charge >= 0.3 is 0 Å². The minimum absolute atomic E-state index is 0.105. The lowest BCUT2D eigenvalue weighted by atomic mass is 9.62. The minimum atomic E-state index is -0.651. The number of fused-ring (bicyclic) bond motifs is 2. The molecule has 0 aromatic rings. The van der Waals surface area contributed by atoms with E-state index in [2.05, 4.69) is 13.5 Å². The molecule has 2 saturated carbocycles.